The number of aromatic nitrogens is 2. The number of imidazole rings is 1. The number of halogens is 1. The van der Waals surface area contributed by atoms with Crippen LogP contribution in [0.1, 0.15) is 22.4 Å². The number of nitrogens with zero attached hydrogens (tertiary/aromatic N) is 4. The van der Waals surface area contributed by atoms with Gasteiger partial charge in [0.2, 0.25) is 0 Å². The van der Waals surface area contributed by atoms with Crippen LogP contribution in [-0.4, -0.2) is 33.5 Å². The summed E-state index contributed by atoms with van der Waals surface area (Å²) in [6.07, 6.45) is 8.08. The normalized spacial score (nSPS) is 17.4. The highest BCUT2D eigenvalue weighted by molar-refractivity contribution is 9.10. The molecule has 0 saturated heterocycles. The van der Waals surface area contributed by atoms with Gasteiger partial charge in [-0.1, -0.05) is 18.2 Å². The molecule has 0 spiro atoms. The number of anilines is 1. The summed E-state index contributed by atoms with van der Waals surface area (Å²) in [5.41, 5.74) is 6.39. The Bertz CT molecular complexity index is 1430. The van der Waals surface area contributed by atoms with E-state index in [0.717, 1.165) is 34.3 Å². The van der Waals surface area contributed by atoms with Crippen LogP contribution in [0.2, 0.25) is 0 Å². The summed E-state index contributed by atoms with van der Waals surface area (Å²) >= 11 is 3.54. The minimum atomic E-state index is -0.446. The van der Waals surface area contributed by atoms with E-state index < -0.39 is 11.8 Å². The minimum Gasteiger partial charge on any atom is -0.345 e. The van der Waals surface area contributed by atoms with Gasteiger partial charge in [-0.2, -0.15) is 0 Å². The number of fused-ring (bicyclic) bond motifs is 1. The molecule has 5 heterocycles. The first-order valence-corrected chi connectivity index (χ1v) is 10.7. The van der Waals surface area contributed by atoms with Gasteiger partial charge in [-0.3, -0.25) is 24.3 Å². The molecule has 2 aromatic heterocycles. The van der Waals surface area contributed by atoms with E-state index in [4.69, 9.17) is 0 Å². The number of aliphatic imine (C=N–C) groups is 1. The number of aryl methyl sites for hydroxylation is 1. The number of pyridine rings is 1. The molecule has 0 unspecified atom stereocenters. The van der Waals surface area contributed by atoms with Crippen molar-refractivity contribution in [3.63, 3.8) is 0 Å². The van der Waals surface area contributed by atoms with Crippen molar-refractivity contribution in [3.05, 3.63) is 81.5 Å². The first kappa shape index (κ1) is 18.3. The van der Waals surface area contributed by atoms with E-state index in [-0.39, 0.29) is 11.1 Å². The van der Waals surface area contributed by atoms with Crippen LogP contribution in [0.5, 0.6) is 0 Å². The van der Waals surface area contributed by atoms with Crippen LogP contribution in [-0.2, 0) is 16.0 Å². The quantitative estimate of drug-likeness (QED) is 0.579. The van der Waals surface area contributed by atoms with Gasteiger partial charge in [-0.15, -0.1) is 0 Å². The molecule has 6 rings (SSSR count). The molecule has 2 amide bonds. The zero-order valence-corrected chi connectivity index (χ0v) is 18.1. The maximum absolute atomic E-state index is 13.0. The van der Waals surface area contributed by atoms with Crippen LogP contribution in [0.4, 0.5) is 5.69 Å². The lowest BCUT2D eigenvalue weighted by molar-refractivity contribution is -0.123. The fourth-order valence-corrected chi connectivity index (χ4v) is 5.22. The number of para-hydroxylation sites is 1. The predicted molar refractivity (Wildman–Crippen MR) is 121 cm³/mol. The molecular formula is C23H16BrN5O2. The zero-order valence-electron chi connectivity index (χ0n) is 16.5. The van der Waals surface area contributed by atoms with Crippen LogP contribution in [0, 0.1) is 6.92 Å². The fraction of sp³-hybridized carbons (Fsp3) is 0.130. The monoisotopic (exact) mass is 473 g/mol. The zero-order chi connectivity index (χ0) is 21.3. The second-order valence-electron chi connectivity index (χ2n) is 7.77. The molecule has 0 saturated carbocycles. The number of carbonyl (C=O) groups is 2. The van der Waals surface area contributed by atoms with Crippen LogP contribution >= 0.6 is 15.9 Å². The molecule has 0 radical (unpaired) electrons. The van der Waals surface area contributed by atoms with Gasteiger partial charge in [0.15, 0.2) is 5.65 Å². The Hall–Kier alpha value is -3.52. The molecule has 0 bridgehead atoms. The lowest BCUT2D eigenvalue weighted by atomic mass is 9.94. The van der Waals surface area contributed by atoms with E-state index in [9.17, 15) is 9.59 Å². The molecule has 3 aliphatic heterocycles. The first-order valence-electron chi connectivity index (χ1n) is 9.90. The number of hydrogen-bond donors (Lipinski definition) is 1. The number of nitrogens with one attached hydrogen (secondary N) is 1. The van der Waals surface area contributed by atoms with E-state index in [1.165, 1.54) is 5.56 Å². The Morgan fingerprint density at radius 2 is 2.00 bits per heavy atom. The van der Waals surface area contributed by atoms with Crippen molar-refractivity contribution in [1.82, 2.24) is 14.7 Å². The minimum absolute atomic E-state index is 0.274. The lowest BCUT2D eigenvalue weighted by Crippen LogP contribution is -2.25. The predicted octanol–water partition coefficient (Wildman–Crippen LogP) is 3.15. The van der Waals surface area contributed by atoms with Crippen molar-refractivity contribution in [3.8, 4) is 0 Å². The van der Waals surface area contributed by atoms with E-state index in [1.807, 2.05) is 41.9 Å². The van der Waals surface area contributed by atoms with Crippen molar-refractivity contribution in [2.45, 2.75) is 13.3 Å². The van der Waals surface area contributed by atoms with Gasteiger partial charge in [-0.25, -0.2) is 4.98 Å². The van der Waals surface area contributed by atoms with Gasteiger partial charge in [0.1, 0.15) is 0 Å². The number of amides is 2. The molecule has 3 aromatic rings. The Labute approximate surface area is 185 Å². The van der Waals surface area contributed by atoms with Gasteiger partial charge in [-0.05, 0) is 46.5 Å². The molecule has 7 nitrogen and oxygen atoms in total. The topological polar surface area (TPSA) is 79.1 Å². The number of imide groups is 1. The van der Waals surface area contributed by atoms with Crippen LogP contribution in [0.3, 0.4) is 0 Å². The van der Waals surface area contributed by atoms with Gasteiger partial charge in [0, 0.05) is 30.7 Å². The van der Waals surface area contributed by atoms with Gasteiger partial charge in [0.05, 0.1) is 38.9 Å². The molecule has 31 heavy (non-hydrogen) atoms. The summed E-state index contributed by atoms with van der Waals surface area (Å²) in [5, 5.41) is 2.47. The number of carbonyl (C=O) groups excluding carboxylic acids is 2. The average molecular weight is 474 g/mol. The van der Waals surface area contributed by atoms with Crippen molar-refractivity contribution in [2.75, 3.05) is 11.4 Å². The smallest absolute Gasteiger partial charge is 0.261 e. The third-order valence-electron chi connectivity index (χ3n) is 5.86. The van der Waals surface area contributed by atoms with E-state index in [0.29, 0.717) is 17.1 Å². The summed E-state index contributed by atoms with van der Waals surface area (Å²) in [4.78, 5) is 37.2. The van der Waals surface area contributed by atoms with E-state index in [2.05, 4.69) is 42.2 Å². The summed E-state index contributed by atoms with van der Waals surface area (Å²) in [7, 11) is 0. The van der Waals surface area contributed by atoms with Crippen molar-refractivity contribution >= 4 is 50.4 Å². The van der Waals surface area contributed by atoms with Gasteiger partial charge in [0.25, 0.3) is 11.8 Å². The van der Waals surface area contributed by atoms with Crippen molar-refractivity contribution < 1.29 is 9.59 Å². The Morgan fingerprint density at radius 1 is 1.16 bits per heavy atom. The highest BCUT2D eigenvalue weighted by atomic mass is 79.9. The Kier molecular flexibility index (Phi) is 3.82. The van der Waals surface area contributed by atoms with E-state index >= 15 is 0 Å². The molecule has 3 aliphatic rings. The molecule has 1 aromatic carbocycles. The number of hydrogen-bond acceptors (Lipinski definition) is 5. The van der Waals surface area contributed by atoms with Crippen molar-refractivity contribution in [1.29, 1.82) is 0 Å². The van der Waals surface area contributed by atoms with Crippen LogP contribution < -0.4 is 10.2 Å². The Morgan fingerprint density at radius 3 is 2.87 bits per heavy atom. The lowest BCUT2D eigenvalue weighted by Gasteiger charge is -2.17. The van der Waals surface area contributed by atoms with E-state index in [1.54, 1.807) is 12.4 Å². The molecule has 152 valence electrons. The largest absolute Gasteiger partial charge is 0.345 e. The summed E-state index contributed by atoms with van der Waals surface area (Å²) in [6, 6.07) is 7.99. The van der Waals surface area contributed by atoms with Crippen LogP contribution in [0.15, 0.2) is 64.1 Å². The third-order valence-corrected chi connectivity index (χ3v) is 6.44. The molecular weight excluding hydrogens is 458 g/mol. The summed E-state index contributed by atoms with van der Waals surface area (Å²) in [6.45, 7) is 2.83. The summed E-state index contributed by atoms with van der Waals surface area (Å²) < 4.78 is 2.65. The molecule has 0 aliphatic carbocycles. The maximum atomic E-state index is 13.0. The van der Waals surface area contributed by atoms with Gasteiger partial charge >= 0.3 is 0 Å². The Balaban J connectivity index is 1.65. The second-order valence-corrected chi connectivity index (χ2v) is 8.62. The summed E-state index contributed by atoms with van der Waals surface area (Å²) in [5.74, 6) is -0.891. The maximum Gasteiger partial charge on any atom is 0.261 e. The van der Waals surface area contributed by atoms with Crippen molar-refractivity contribution in [2.24, 2.45) is 4.99 Å². The number of rotatable bonds is 2. The van der Waals surface area contributed by atoms with Gasteiger partial charge < -0.3 is 4.90 Å². The second kappa shape index (κ2) is 6.49. The highest BCUT2D eigenvalue weighted by Crippen LogP contribution is 2.37. The highest BCUT2D eigenvalue weighted by Gasteiger charge is 2.38. The molecule has 8 heteroatoms. The standard InChI is InChI=1S/C23H16BrN5O2/c1-12-9-15(24)21-26-10-16(29(21)11-12)17-18(23(31)27-22(17)30)19-14-4-2-3-13-5-7-28(20(13)14)8-6-25-19/h2-4,6,8-11H,5,7H2,1H3,(H,27,30,31). The number of benzene rings is 1. The molecule has 1 N–H and O–H groups in total. The molecule has 0 atom stereocenters. The third kappa shape index (κ3) is 2.58. The first-order chi connectivity index (χ1) is 15.0. The SMILES string of the molecule is Cc1cc(Br)c2ncc(C3=C(C4=NC=CN5CCc6cccc4c65)C(=O)NC3=O)n2c1. The molecule has 0 fully saturated rings. The fourth-order valence-electron chi connectivity index (χ4n) is 4.57. The van der Waals surface area contributed by atoms with Crippen LogP contribution in [0.25, 0.3) is 11.2 Å². The average Bonchev–Trinajstić information content (AvgIpc) is 3.37.